The minimum Gasteiger partial charge on any atom is -0.309 e. The first kappa shape index (κ1) is 72.7. The quantitative estimate of drug-likeness (QED) is 0.0979. The minimum atomic E-state index is -0.480. The van der Waals surface area contributed by atoms with Crippen molar-refractivity contribution in [2.24, 2.45) is 0 Å². The lowest BCUT2D eigenvalue weighted by Crippen LogP contribution is -2.06. The Morgan fingerprint density at radius 1 is 0.153 bits per heavy atom. The molecule has 30 rings (SSSR count). The standard InChI is InChI=1S/3C45H29N5/c1-4-16-30(17-5-1)33-22-10-13-25-37(33)49-38-26-14-11-23-34(38)35-28-29-40-41(42(35)49)36-24-12-15-27-39(36)50(40)45-47-43(31-18-6-2-7-19-31)46-44(48-45)32-20-8-3-9-21-32;1-4-15-30(16-5-1)33-21-14-22-34(29-33)49-38-25-12-10-23-35(38)36-27-28-40-41(42(36)49)37-24-11-13-26-39(37)50(40)45-47-43(31-17-6-2-7-18-31)46-44(48-45)32-19-8-3-9-20-32;1-4-14-30(15-5-1)31-24-26-34(27-25-31)49-38-22-12-10-20-35(38)36-28-29-40-41(42(36)49)37-21-11-13-23-39(37)50(40)45-47-43(32-16-6-2-7-17-32)46-44(48-45)33-18-8-3-9-19-33/h3*1-29H/i2D,6D,7D,18D,19D;2D,6D,7D,17D,18D;2D,6D,7D,16D,17D. The van der Waals surface area contributed by atoms with Crippen LogP contribution in [0.4, 0.5) is 0 Å². The fourth-order valence-electron chi connectivity index (χ4n) is 21.3. The number of aromatic nitrogens is 15. The Hall–Kier alpha value is -20.5. The maximum Gasteiger partial charge on any atom is 0.238 e. The maximum absolute atomic E-state index is 8.80. The molecule has 15 nitrogen and oxygen atoms in total. The van der Waals surface area contributed by atoms with Gasteiger partial charge in [0.25, 0.3) is 0 Å². The lowest BCUT2D eigenvalue weighted by Gasteiger charge is -2.15. The van der Waals surface area contributed by atoms with E-state index in [9.17, 15) is 0 Å². The van der Waals surface area contributed by atoms with Crippen LogP contribution in [0.15, 0.2) is 527 Å². The fourth-order valence-corrected chi connectivity index (χ4v) is 21.3. The molecule has 9 heterocycles. The Morgan fingerprint density at radius 3 is 0.787 bits per heavy atom. The summed E-state index contributed by atoms with van der Waals surface area (Å²) < 4.78 is 141. The highest BCUT2D eigenvalue weighted by Crippen LogP contribution is 2.49. The summed E-state index contributed by atoms with van der Waals surface area (Å²) in [5.41, 5.74) is 23.0. The van der Waals surface area contributed by atoms with Crippen LogP contribution < -0.4 is 0 Å². The maximum atomic E-state index is 8.80. The molecule has 0 fully saturated rings. The third-order valence-corrected chi connectivity index (χ3v) is 27.8. The van der Waals surface area contributed by atoms with Crippen LogP contribution in [0.5, 0.6) is 0 Å². The highest BCUT2D eigenvalue weighted by molar-refractivity contribution is 6.29. The fraction of sp³-hybridized carbons (Fsp3) is 0. The Morgan fingerprint density at radius 2 is 0.420 bits per heavy atom. The topological polar surface area (TPSA) is 146 Å². The van der Waals surface area contributed by atoms with E-state index in [-0.39, 0.29) is 88.3 Å². The van der Waals surface area contributed by atoms with E-state index in [4.69, 9.17) is 65.4 Å². The van der Waals surface area contributed by atoms with Crippen LogP contribution >= 0.6 is 0 Å². The third-order valence-electron chi connectivity index (χ3n) is 27.8. The minimum absolute atomic E-state index is 0.0134. The van der Waals surface area contributed by atoms with Gasteiger partial charge in [-0.1, -0.05) is 442 Å². The molecule has 0 aliphatic carbocycles. The van der Waals surface area contributed by atoms with Crippen molar-refractivity contribution in [3.05, 3.63) is 527 Å². The molecule has 0 aliphatic heterocycles. The van der Waals surface area contributed by atoms with Crippen LogP contribution in [0.25, 0.3) is 267 Å². The monoisotopic (exact) mass is 1930 g/mol. The summed E-state index contributed by atoms with van der Waals surface area (Å²) in [5.74, 6) is 1.67. The molecule has 0 amide bonds. The molecule has 0 aliphatic rings. The van der Waals surface area contributed by atoms with E-state index in [1.807, 2.05) is 190 Å². The van der Waals surface area contributed by atoms with Gasteiger partial charge in [-0.3, -0.25) is 13.7 Å². The van der Waals surface area contributed by atoms with Crippen molar-refractivity contribution in [1.29, 1.82) is 0 Å². The molecule has 0 atom stereocenters. The summed E-state index contributed by atoms with van der Waals surface area (Å²) >= 11 is 0. The van der Waals surface area contributed by atoms with Crippen molar-refractivity contribution in [3.63, 3.8) is 0 Å². The molecular weight excluding hydrogens is 1830 g/mol. The van der Waals surface area contributed by atoms with E-state index in [2.05, 4.69) is 275 Å². The number of benzene rings is 21. The number of fused-ring (bicyclic) bond motifs is 21. The second-order valence-electron chi connectivity index (χ2n) is 36.3. The highest BCUT2D eigenvalue weighted by Gasteiger charge is 2.30. The van der Waals surface area contributed by atoms with Crippen LogP contribution in [0, 0.1) is 0 Å². The van der Waals surface area contributed by atoms with Crippen molar-refractivity contribution in [1.82, 2.24) is 72.3 Å². The van der Waals surface area contributed by atoms with Gasteiger partial charge in [-0.05, 0) is 113 Å². The first-order valence-corrected chi connectivity index (χ1v) is 49.2. The predicted molar refractivity (Wildman–Crippen MR) is 614 cm³/mol. The van der Waals surface area contributed by atoms with Gasteiger partial charge in [0, 0.05) is 115 Å². The summed E-state index contributed by atoms with van der Waals surface area (Å²) in [5, 5.41) is 12.6. The second-order valence-corrected chi connectivity index (χ2v) is 36.3. The second kappa shape index (κ2) is 37.0. The Labute approximate surface area is 882 Å². The SMILES string of the molecule is [2H]c1c([2H])c([2H])c(-c2nc(-c3ccccc3)nc(-n3c4ccccc4c4c3ccc3c5ccccc5n(-c5ccc(-c6ccccc6)cc5)c34)n2)c([2H])c1[2H].[2H]c1c([2H])c([2H])c(-c2nc(-c3ccccc3)nc(-n3c4ccccc4c4c3ccc3c5ccccc5n(-c5cccc(-c6ccccc6)c5)c34)n2)c([2H])c1[2H].[2H]c1c([2H])c([2H])c(-c2nc(-c3ccccc3)nc(-n3c4ccccc4c4c3ccc3c5ccccc5n(-c5ccccc5-c5ccccc5)c34)n2)c([2H])c1[2H]. The highest BCUT2D eigenvalue weighted by atomic mass is 15.2. The Kier molecular flexibility index (Phi) is 17.9. The number of nitrogens with zero attached hydrogens (tertiary/aromatic N) is 15. The zero-order valence-corrected chi connectivity index (χ0v) is 79.8. The van der Waals surface area contributed by atoms with E-state index in [0.717, 1.165) is 181 Å². The summed E-state index contributed by atoms with van der Waals surface area (Å²) in [6, 6.07) is 141. The molecule has 0 bridgehead atoms. The van der Waals surface area contributed by atoms with E-state index in [1.165, 1.54) is 0 Å². The smallest absolute Gasteiger partial charge is 0.238 e. The van der Waals surface area contributed by atoms with E-state index >= 15 is 0 Å². The van der Waals surface area contributed by atoms with Gasteiger partial charge in [0.1, 0.15) is 0 Å². The Balaban J connectivity index is 0.000000116. The van der Waals surface area contributed by atoms with Crippen molar-refractivity contribution < 1.29 is 20.6 Å². The van der Waals surface area contributed by atoms with Gasteiger partial charge >= 0.3 is 0 Å². The van der Waals surface area contributed by atoms with Crippen LogP contribution in [-0.2, 0) is 0 Å². The normalized spacial score (nSPS) is 13.0. The number of rotatable bonds is 15. The van der Waals surface area contributed by atoms with Crippen LogP contribution in [-0.4, -0.2) is 72.3 Å². The molecule has 30 aromatic rings. The van der Waals surface area contributed by atoms with E-state index < -0.39 is 54.4 Å². The molecule has 150 heavy (non-hydrogen) atoms. The summed E-state index contributed by atoms with van der Waals surface area (Å²) in [7, 11) is 0. The van der Waals surface area contributed by atoms with Gasteiger partial charge < -0.3 is 13.7 Å². The van der Waals surface area contributed by atoms with Crippen LogP contribution in [0.2, 0.25) is 0 Å². The third kappa shape index (κ3) is 15.1. The van der Waals surface area contributed by atoms with E-state index in [1.54, 1.807) is 0 Å². The van der Waals surface area contributed by atoms with Gasteiger partial charge in [0.05, 0.1) is 92.4 Å². The number of para-hydroxylation sites is 7. The van der Waals surface area contributed by atoms with Crippen LogP contribution in [0.3, 0.4) is 0 Å². The molecule has 0 saturated carbocycles. The summed E-state index contributed by atoms with van der Waals surface area (Å²) in [4.78, 5) is 44.0. The molecule has 0 saturated heterocycles. The first-order chi connectivity index (χ1) is 80.7. The zero-order chi connectivity index (χ0) is 112. The number of hydrogen-bond acceptors (Lipinski definition) is 9. The van der Waals surface area contributed by atoms with Crippen molar-refractivity contribution in [2.45, 2.75) is 0 Å². The number of hydrogen-bond donors (Lipinski definition) is 0. The first-order valence-electron chi connectivity index (χ1n) is 56.7. The molecule has 0 radical (unpaired) electrons. The van der Waals surface area contributed by atoms with Gasteiger partial charge in [-0.25, -0.2) is 15.0 Å². The summed E-state index contributed by atoms with van der Waals surface area (Å²) in [6.45, 7) is 0. The Bertz CT molecular complexity index is 11400. The van der Waals surface area contributed by atoms with Gasteiger partial charge in [-0.15, -0.1) is 0 Å². The molecular formula is C135H87N15. The van der Waals surface area contributed by atoms with Crippen LogP contribution in [0.1, 0.15) is 20.6 Å². The van der Waals surface area contributed by atoms with Crippen molar-refractivity contribution >= 4 is 131 Å². The van der Waals surface area contributed by atoms with Crippen molar-refractivity contribution in [3.8, 4) is 137 Å². The molecule has 21 aromatic carbocycles. The zero-order valence-electron chi connectivity index (χ0n) is 94.8. The van der Waals surface area contributed by atoms with Gasteiger partial charge in [0.2, 0.25) is 17.8 Å². The predicted octanol–water partition coefficient (Wildman–Crippen LogP) is 33.2. The molecule has 702 valence electrons. The lowest BCUT2D eigenvalue weighted by molar-refractivity contribution is 0.953. The molecule has 15 heteroatoms. The average Bonchev–Trinajstić information content (AvgIpc) is 1.55. The van der Waals surface area contributed by atoms with Crippen molar-refractivity contribution in [2.75, 3.05) is 0 Å². The van der Waals surface area contributed by atoms with Gasteiger partial charge in [0.15, 0.2) is 34.9 Å². The van der Waals surface area contributed by atoms with E-state index in [0.29, 0.717) is 34.2 Å². The molecule has 0 N–H and O–H groups in total. The lowest BCUT2D eigenvalue weighted by atomic mass is 10.0. The molecule has 0 unspecified atom stereocenters. The molecule has 0 spiro atoms. The largest absolute Gasteiger partial charge is 0.309 e. The molecule has 9 aromatic heterocycles. The average molecular weight is 1930 g/mol. The van der Waals surface area contributed by atoms with Gasteiger partial charge in [-0.2, -0.15) is 29.9 Å². The summed E-state index contributed by atoms with van der Waals surface area (Å²) in [6.07, 6.45) is 0.